The second-order valence-corrected chi connectivity index (χ2v) is 8.02. The first kappa shape index (κ1) is 19.4. The zero-order valence-electron chi connectivity index (χ0n) is 17.2. The fourth-order valence-electron chi connectivity index (χ4n) is 4.33. The van der Waals surface area contributed by atoms with E-state index >= 15 is 0 Å². The Labute approximate surface area is 178 Å². The van der Waals surface area contributed by atoms with Crippen molar-refractivity contribution in [1.82, 2.24) is 30.1 Å². The minimum atomic E-state index is -0.274. The third-order valence-electron chi connectivity index (χ3n) is 5.87. The Hall–Kier alpha value is -3.55. The van der Waals surface area contributed by atoms with E-state index in [1.807, 2.05) is 42.1 Å². The number of rotatable bonds is 5. The number of hydrogen-bond donors (Lipinski definition) is 1. The van der Waals surface area contributed by atoms with E-state index in [0.717, 1.165) is 47.2 Å². The van der Waals surface area contributed by atoms with E-state index in [0.29, 0.717) is 6.42 Å². The van der Waals surface area contributed by atoms with Crippen molar-refractivity contribution in [2.24, 2.45) is 0 Å². The van der Waals surface area contributed by atoms with Crippen LogP contribution < -0.4 is 5.32 Å². The monoisotopic (exact) mass is 418 g/mol. The van der Waals surface area contributed by atoms with Gasteiger partial charge in [-0.15, -0.1) is 5.10 Å². The van der Waals surface area contributed by atoms with Gasteiger partial charge in [-0.05, 0) is 62.6 Å². The summed E-state index contributed by atoms with van der Waals surface area (Å²) in [7, 11) is 0. The highest BCUT2D eigenvalue weighted by molar-refractivity contribution is 5.78. The van der Waals surface area contributed by atoms with Crippen molar-refractivity contribution >= 4 is 16.9 Å². The summed E-state index contributed by atoms with van der Waals surface area (Å²) in [4.78, 5) is 12.8. The maximum atomic E-state index is 13.3. The van der Waals surface area contributed by atoms with E-state index in [4.69, 9.17) is 0 Å². The lowest BCUT2D eigenvalue weighted by molar-refractivity contribution is -0.122. The summed E-state index contributed by atoms with van der Waals surface area (Å²) in [5.41, 5.74) is 4.66. The Morgan fingerprint density at radius 2 is 2.03 bits per heavy atom. The number of carbonyl (C=O) groups excluding carboxylic acids is 1. The lowest BCUT2D eigenvalue weighted by atomic mass is 9.92. The van der Waals surface area contributed by atoms with Crippen LogP contribution in [0.4, 0.5) is 4.39 Å². The predicted octanol–water partition coefficient (Wildman–Crippen LogP) is 3.90. The van der Waals surface area contributed by atoms with Crippen molar-refractivity contribution in [2.45, 2.75) is 44.7 Å². The summed E-state index contributed by atoms with van der Waals surface area (Å²) in [6.45, 7) is 1.97. The zero-order valence-corrected chi connectivity index (χ0v) is 17.2. The number of benzene rings is 2. The lowest BCUT2D eigenvalue weighted by Gasteiger charge is -2.25. The molecule has 5 rings (SSSR count). The molecule has 0 unspecified atom stereocenters. The third-order valence-corrected chi connectivity index (χ3v) is 5.87. The number of carbonyl (C=O) groups is 1. The van der Waals surface area contributed by atoms with E-state index in [9.17, 15) is 9.18 Å². The first-order valence-electron chi connectivity index (χ1n) is 10.5. The van der Waals surface area contributed by atoms with E-state index in [2.05, 4.69) is 20.7 Å². The van der Waals surface area contributed by atoms with Crippen LogP contribution in [0.5, 0.6) is 0 Å². The topological polar surface area (TPSA) is 77.6 Å². The lowest BCUT2D eigenvalue weighted by Crippen LogP contribution is -2.32. The van der Waals surface area contributed by atoms with Crippen molar-refractivity contribution in [3.63, 3.8) is 0 Å². The molecule has 0 spiro atoms. The largest absolute Gasteiger partial charge is 0.349 e. The molecule has 1 N–H and O–H groups in total. The van der Waals surface area contributed by atoms with Gasteiger partial charge in [-0.25, -0.2) is 13.8 Å². The Kier molecular flexibility index (Phi) is 4.97. The Bertz CT molecular complexity index is 1230. The van der Waals surface area contributed by atoms with Crippen molar-refractivity contribution in [3.8, 4) is 5.69 Å². The second kappa shape index (κ2) is 7.94. The number of nitrogens with zero attached hydrogens (tertiary/aromatic N) is 5. The Balaban J connectivity index is 1.31. The molecule has 7 nitrogen and oxygen atoms in total. The molecule has 8 heteroatoms. The van der Waals surface area contributed by atoms with E-state index < -0.39 is 0 Å². The molecule has 4 aromatic rings. The molecule has 0 saturated heterocycles. The Morgan fingerprint density at radius 3 is 2.87 bits per heavy atom. The van der Waals surface area contributed by atoms with E-state index in [1.165, 1.54) is 12.1 Å². The Morgan fingerprint density at radius 1 is 1.23 bits per heavy atom. The van der Waals surface area contributed by atoms with E-state index in [-0.39, 0.29) is 23.8 Å². The van der Waals surface area contributed by atoms with Crippen LogP contribution in [0.15, 0.2) is 54.7 Å². The molecule has 0 saturated carbocycles. The minimum absolute atomic E-state index is 0.0283. The molecule has 2 aromatic heterocycles. The average Bonchev–Trinajstić information content (AvgIpc) is 3.39. The van der Waals surface area contributed by atoms with Gasteiger partial charge < -0.3 is 5.32 Å². The molecule has 1 aliphatic carbocycles. The van der Waals surface area contributed by atoms with Crippen LogP contribution in [-0.2, 0) is 11.2 Å². The van der Waals surface area contributed by atoms with Gasteiger partial charge in [0.2, 0.25) is 5.91 Å². The molecule has 0 bridgehead atoms. The highest BCUT2D eigenvalue weighted by atomic mass is 19.1. The van der Waals surface area contributed by atoms with Crippen molar-refractivity contribution in [3.05, 3.63) is 71.8 Å². The fraction of sp³-hybridized carbons (Fsp3) is 0.304. The van der Waals surface area contributed by atoms with Crippen molar-refractivity contribution in [2.75, 3.05) is 0 Å². The van der Waals surface area contributed by atoms with Gasteiger partial charge in [0.05, 0.1) is 29.5 Å². The fourth-order valence-corrected chi connectivity index (χ4v) is 4.33. The zero-order chi connectivity index (χ0) is 21.4. The second-order valence-electron chi connectivity index (χ2n) is 8.02. The first-order chi connectivity index (χ1) is 15.1. The van der Waals surface area contributed by atoms with Gasteiger partial charge >= 0.3 is 0 Å². The van der Waals surface area contributed by atoms with Gasteiger partial charge in [0.15, 0.2) is 0 Å². The number of para-hydroxylation sites is 1. The molecule has 0 fully saturated rings. The summed E-state index contributed by atoms with van der Waals surface area (Å²) >= 11 is 0. The molecule has 1 amide bonds. The van der Waals surface area contributed by atoms with Crippen LogP contribution in [-0.4, -0.2) is 30.7 Å². The van der Waals surface area contributed by atoms with Gasteiger partial charge in [-0.3, -0.25) is 4.79 Å². The van der Waals surface area contributed by atoms with E-state index in [1.54, 1.807) is 16.8 Å². The van der Waals surface area contributed by atoms with Crippen LogP contribution in [0.25, 0.3) is 16.7 Å². The number of amides is 1. The standard InChI is InChI=1S/C23H23FN6O/c1-15(29-22-7-3-2-5-20(22)27-28-29)13-23(31)26-19-6-4-8-21-18(19)14-25-30(21)17-11-9-16(24)10-12-17/h2-3,5,7,9-12,14-15,19H,4,6,8,13H2,1H3,(H,26,31)/t15-,19-/m0/s1. The van der Waals surface area contributed by atoms with Gasteiger partial charge in [-0.1, -0.05) is 17.3 Å². The molecule has 31 heavy (non-hydrogen) atoms. The van der Waals surface area contributed by atoms with Gasteiger partial charge in [0.1, 0.15) is 11.3 Å². The number of aromatic nitrogens is 5. The SMILES string of the molecule is C[C@@H](CC(=O)N[C@H]1CCCc2c1cnn2-c1ccc(F)cc1)n1nnc2ccccc21. The number of fused-ring (bicyclic) bond motifs is 2. The highest BCUT2D eigenvalue weighted by Gasteiger charge is 2.27. The predicted molar refractivity (Wildman–Crippen MR) is 114 cm³/mol. The maximum absolute atomic E-state index is 13.3. The quantitative estimate of drug-likeness (QED) is 0.533. The maximum Gasteiger partial charge on any atom is 0.222 e. The molecular formula is C23H23FN6O. The molecular weight excluding hydrogens is 395 g/mol. The van der Waals surface area contributed by atoms with Crippen LogP contribution in [0.3, 0.4) is 0 Å². The molecule has 1 aliphatic rings. The summed E-state index contributed by atoms with van der Waals surface area (Å²) < 4.78 is 16.9. The van der Waals surface area contributed by atoms with Gasteiger partial charge in [0.25, 0.3) is 0 Å². The van der Waals surface area contributed by atoms with Crippen molar-refractivity contribution in [1.29, 1.82) is 0 Å². The summed E-state index contributed by atoms with van der Waals surface area (Å²) in [5.74, 6) is -0.302. The number of hydrogen-bond acceptors (Lipinski definition) is 4. The average molecular weight is 418 g/mol. The molecule has 2 heterocycles. The normalized spacial score (nSPS) is 16.8. The smallest absolute Gasteiger partial charge is 0.222 e. The molecule has 2 aromatic carbocycles. The van der Waals surface area contributed by atoms with Crippen molar-refractivity contribution < 1.29 is 9.18 Å². The molecule has 0 radical (unpaired) electrons. The summed E-state index contributed by atoms with van der Waals surface area (Å²) in [6.07, 6.45) is 4.82. The molecule has 0 aliphatic heterocycles. The van der Waals surface area contributed by atoms with Crippen LogP contribution >= 0.6 is 0 Å². The van der Waals surface area contributed by atoms with Crippen LogP contribution in [0.1, 0.15) is 49.5 Å². The minimum Gasteiger partial charge on any atom is -0.349 e. The van der Waals surface area contributed by atoms with Gasteiger partial charge in [0, 0.05) is 17.7 Å². The molecule has 2 atom stereocenters. The number of nitrogens with one attached hydrogen (secondary N) is 1. The molecule has 158 valence electrons. The number of halogens is 1. The van der Waals surface area contributed by atoms with Crippen LogP contribution in [0.2, 0.25) is 0 Å². The van der Waals surface area contributed by atoms with Gasteiger partial charge in [-0.2, -0.15) is 5.10 Å². The third kappa shape index (κ3) is 3.69. The van der Waals surface area contributed by atoms with Crippen LogP contribution in [0, 0.1) is 5.82 Å². The summed E-state index contributed by atoms with van der Waals surface area (Å²) in [5, 5.41) is 16.1. The highest BCUT2D eigenvalue weighted by Crippen LogP contribution is 2.31. The summed E-state index contributed by atoms with van der Waals surface area (Å²) in [6, 6.07) is 13.8. The first-order valence-corrected chi connectivity index (χ1v) is 10.5.